The fourth-order valence-corrected chi connectivity index (χ4v) is 3.06. The molecule has 1 aliphatic heterocycles. The number of hydrogen-bond donors (Lipinski definition) is 1. The molecule has 0 unspecified atom stereocenters. The summed E-state index contributed by atoms with van der Waals surface area (Å²) in [5.41, 5.74) is 0.272. The van der Waals surface area contributed by atoms with Crippen LogP contribution in [0.25, 0.3) is 10.8 Å². The van der Waals surface area contributed by atoms with Gasteiger partial charge in [0.25, 0.3) is 5.91 Å². The second-order valence-electron chi connectivity index (χ2n) is 6.06. The van der Waals surface area contributed by atoms with Gasteiger partial charge in [0.15, 0.2) is 0 Å². The maximum absolute atomic E-state index is 12.7. The molecule has 0 radical (unpaired) electrons. The topological polar surface area (TPSA) is 40.5 Å². The van der Waals surface area contributed by atoms with Crippen LogP contribution in [0.15, 0.2) is 36.4 Å². The maximum Gasteiger partial charge on any atom is 0.258 e. The molecule has 0 aliphatic carbocycles. The fraction of sp³-hybridized carbons (Fsp3) is 0.353. The Bertz CT molecular complexity index is 676. The predicted octanol–water partition coefficient (Wildman–Crippen LogP) is 3.56. The molecule has 0 bridgehead atoms. The molecule has 1 aliphatic rings. The molecular weight excluding hydrogens is 250 g/mol. The van der Waals surface area contributed by atoms with Crippen LogP contribution < -0.4 is 0 Å². The molecular formula is C17H19NO2. The molecule has 3 rings (SSSR count). The number of likely N-dealkylation sites (tertiary alicyclic amines) is 1. The van der Waals surface area contributed by atoms with Crippen LogP contribution in [0.5, 0.6) is 5.75 Å². The molecule has 1 fully saturated rings. The molecule has 0 saturated carbocycles. The molecule has 1 N–H and O–H groups in total. The van der Waals surface area contributed by atoms with Gasteiger partial charge in [0.2, 0.25) is 0 Å². The van der Waals surface area contributed by atoms with Crippen molar-refractivity contribution in [2.24, 2.45) is 0 Å². The lowest BCUT2D eigenvalue weighted by Gasteiger charge is -2.32. The minimum absolute atomic E-state index is 0.0734. The normalized spacial score (nSPS) is 17.6. The van der Waals surface area contributed by atoms with Crippen LogP contribution in [0.1, 0.15) is 37.0 Å². The number of aromatic hydroxyl groups is 1. The van der Waals surface area contributed by atoms with Gasteiger partial charge >= 0.3 is 0 Å². The molecule has 0 atom stereocenters. The first kappa shape index (κ1) is 13.0. The highest BCUT2D eigenvalue weighted by Crippen LogP contribution is 2.34. The van der Waals surface area contributed by atoms with Gasteiger partial charge in [-0.3, -0.25) is 4.79 Å². The lowest BCUT2D eigenvalue weighted by atomic mass is 10.00. The molecule has 104 valence electrons. The van der Waals surface area contributed by atoms with E-state index >= 15 is 0 Å². The van der Waals surface area contributed by atoms with E-state index in [4.69, 9.17) is 0 Å². The summed E-state index contributed by atoms with van der Waals surface area (Å²) in [5, 5.41) is 12.1. The van der Waals surface area contributed by atoms with Crippen molar-refractivity contribution in [3.8, 4) is 5.75 Å². The third kappa shape index (κ3) is 1.94. The highest BCUT2D eigenvalue weighted by Gasteiger charge is 2.36. The fourth-order valence-electron chi connectivity index (χ4n) is 3.06. The number of phenolic OH excluding ortho intramolecular Hbond substituents is 1. The van der Waals surface area contributed by atoms with Gasteiger partial charge in [-0.2, -0.15) is 0 Å². The van der Waals surface area contributed by atoms with Crippen molar-refractivity contribution >= 4 is 16.7 Å². The van der Waals surface area contributed by atoms with E-state index in [2.05, 4.69) is 13.8 Å². The molecule has 1 heterocycles. The average molecular weight is 269 g/mol. The van der Waals surface area contributed by atoms with Gasteiger partial charge in [-0.1, -0.05) is 30.3 Å². The summed E-state index contributed by atoms with van der Waals surface area (Å²) in [5.74, 6) is 0.0200. The Labute approximate surface area is 118 Å². The summed E-state index contributed by atoms with van der Waals surface area (Å²) in [4.78, 5) is 14.6. The van der Waals surface area contributed by atoms with Gasteiger partial charge in [0, 0.05) is 17.5 Å². The van der Waals surface area contributed by atoms with Crippen LogP contribution >= 0.6 is 0 Å². The number of fused-ring (bicyclic) bond motifs is 1. The minimum Gasteiger partial charge on any atom is -0.506 e. The number of rotatable bonds is 1. The average Bonchev–Trinajstić information content (AvgIpc) is 2.78. The standard InChI is InChI=1S/C17H19NO2/c1-17(2)10-5-11-18(17)16(20)14-9-8-12-6-3-4-7-13(12)15(14)19/h3-4,6-9,19H,5,10-11H2,1-2H3. The van der Waals surface area contributed by atoms with Gasteiger partial charge in [-0.25, -0.2) is 0 Å². The molecule has 1 saturated heterocycles. The van der Waals surface area contributed by atoms with Crippen molar-refractivity contribution in [3.63, 3.8) is 0 Å². The van der Waals surface area contributed by atoms with E-state index in [9.17, 15) is 9.90 Å². The van der Waals surface area contributed by atoms with Gasteiger partial charge in [-0.05, 0) is 38.1 Å². The maximum atomic E-state index is 12.7. The first-order valence-corrected chi connectivity index (χ1v) is 7.03. The van der Waals surface area contributed by atoms with E-state index in [1.807, 2.05) is 35.2 Å². The van der Waals surface area contributed by atoms with E-state index in [0.29, 0.717) is 5.56 Å². The zero-order valence-corrected chi connectivity index (χ0v) is 11.9. The number of hydrogen-bond acceptors (Lipinski definition) is 2. The SMILES string of the molecule is CC1(C)CCCN1C(=O)c1ccc2ccccc2c1O. The van der Waals surface area contributed by atoms with Crippen molar-refractivity contribution in [1.82, 2.24) is 4.90 Å². The third-order valence-corrected chi connectivity index (χ3v) is 4.28. The Morgan fingerprint density at radius 1 is 1.20 bits per heavy atom. The summed E-state index contributed by atoms with van der Waals surface area (Å²) in [7, 11) is 0. The second kappa shape index (κ2) is 4.51. The van der Waals surface area contributed by atoms with Crippen LogP contribution in [-0.2, 0) is 0 Å². The Kier molecular flexibility index (Phi) is 2.93. The minimum atomic E-state index is -0.130. The first-order valence-electron chi connectivity index (χ1n) is 7.03. The Morgan fingerprint density at radius 2 is 1.95 bits per heavy atom. The van der Waals surface area contributed by atoms with E-state index in [0.717, 1.165) is 30.2 Å². The molecule has 0 spiro atoms. The van der Waals surface area contributed by atoms with Crippen molar-refractivity contribution in [2.75, 3.05) is 6.54 Å². The lowest BCUT2D eigenvalue weighted by Crippen LogP contribution is -2.42. The number of amides is 1. The Morgan fingerprint density at radius 3 is 2.65 bits per heavy atom. The smallest absolute Gasteiger partial charge is 0.258 e. The zero-order valence-electron chi connectivity index (χ0n) is 11.9. The van der Waals surface area contributed by atoms with Crippen molar-refractivity contribution in [2.45, 2.75) is 32.2 Å². The van der Waals surface area contributed by atoms with Crippen molar-refractivity contribution < 1.29 is 9.90 Å². The number of carbonyl (C=O) groups is 1. The monoisotopic (exact) mass is 269 g/mol. The van der Waals surface area contributed by atoms with Crippen molar-refractivity contribution in [1.29, 1.82) is 0 Å². The van der Waals surface area contributed by atoms with Crippen LogP contribution in [0.4, 0.5) is 0 Å². The summed E-state index contributed by atoms with van der Waals surface area (Å²) >= 11 is 0. The molecule has 20 heavy (non-hydrogen) atoms. The van der Waals surface area contributed by atoms with E-state index < -0.39 is 0 Å². The van der Waals surface area contributed by atoms with Crippen LogP contribution in [0.2, 0.25) is 0 Å². The molecule has 0 aromatic heterocycles. The Hall–Kier alpha value is -2.03. The van der Waals surface area contributed by atoms with Gasteiger partial charge in [0.05, 0.1) is 5.56 Å². The third-order valence-electron chi connectivity index (χ3n) is 4.28. The lowest BCUT2D eigenvalue weighted by molar-refractivity contribution is 0.0649. The summed E-state index contributed by atoms with van der Waals surface area (Å²) in [6.07, 6.45) is 2.03. The highest BCUT2D eigenvalue weighted by atomic mass is 16.3. The molecule has 3 heteroatoms. The molecule has 2 aromatic rings. The van der Waals surface area contributed by atoms with Gasteiger partial charge in [-0.15, -0.1) is 0 Å². The molecule has 2 aromatic carbocycles. The summed E-state index contributed by atoms with van der Waals surface area (Å²) < 4.78 is 0. The molecule has 3 nitrogen and oxygen atoms in total. The van der Waals surface area contributed by atoms with Crippen LogP contribution in [-0.4, -0.2) is 28.0 Å². The van der Waals surface area contributed by atoms with Crippen molar-refractivity contribution in [3.05, 3.63) is 42.0 Å². The second-order valence-corrected chi connectivity index (χ2v) is 6.06. The predicted molar refractivity (Wildman–Crippen MR) is 80.0 cm³/mol. The van der Waals surface area contributed by atoms with E-state index in [-0.39, 0.29) is 17.2 Å². The molecule has 1 amide bonds. The van der Waals surface area contributed by atoms with Gasteiger partial charge < -0.3 is 10.0 Å². The van der Waals surface area contributed by atoms with Crippen LogP contribution in [0, 0.1) is 0 Å². The highest BCUT2D eigenvalue weighted by molar-refractivity contribution is 6.03. The van der Waals surface area contributed by atoms with Crippen LogP contribution in [0.3, 0.4) is 0 Å². The first-order chi connectivity index (χ1) is 9.50. The number of benzene rings is 2. The number of nitrogens with zero attached hydrogens (tertiary/aromatic N) is 1. The van der Waals surface area contributed by atoms with E-state index in [1.54, 1.807) is 6.07 Å². The zero-order chi connectivity index (χ0) is 14.3. The van der Waals surface area contributed by atoms with Gasteiger partial charge in [0.1, 0.15) is 5.75 Å². The summed E-state index contributed by atoms with van der Waals surface area (Å²) in [6, 6.07) is 11.2. The van der Waals surface area contributed by atoms with E-state index in [1.165, 1.54) is 0 Å². The Balaban J connectivity index is 2.06. The largest absolute Gasteiger partial charge is 0.506 e. The quantitative estimate of drug-likeness (QED) is 0.860. The number of phenols is 1. The number of carbonyl (C=O) groups excluding carboxylic acids is 1. The summed E-state index contributed by atoms with van der Waals surface area (Å²) in [6.45, 7) is 4.92.